The molecule has 0 radical (unpaired) electrons. The zero-order valence-electron chi connectivity index (χ0n) is 10.4. The van der Waals surface area contributed by atoms with Crippen LogP contribution in [0.1, 0.15) is 11.1 Å². The van der Waals surface area contributed by atoms with Crippen LogP contribution in [0.25, 0.3) is 0 Å². The number of piperidine rings is 1. The Morgan fingerprint density at radius 1 is 1.16 bits per heavy atom. The minimum absolute atomic E-state index is 0.233. The van der Waals surface area contributed by atoms with Crippen molar-refractivity contribution in [2.45, 2.75) is 13.5 Å². The van der Waals surface area contributed by atoms with Gasteiger partial charge in [-0.1, -0.05) is 29.8 Å². The molecule has 0 aromatic heterocycles. The van der Waals surface area contributed by atoms with Crippen LogP contribution >= 0.6 is 0 Å². The Kier molecular flexibility index (Phi) is 2.45. The number of hydrogen-bond donors (Lipinski definition) is 1. The van der Waals surface area contributed by atoms with Crippen molar-refractivity contribution >= 4 is 17.8 Å². The Balaban J connectivity index is 1.75. The fourth-order valence-electron chi connectivity index (χ4n) is 2.73. The van der Waals surface area contributed by atoms with Crippen molar-refractivity contribution in [3.8, 4) is 0 Å². The van der Waals surface area contributed by atoms with Gasteiger partial charge in [0, 0.05) is 0 Å². The summed E-state index contributed by atoms with van der Waals surface area (Å²) in [7, 11) is 0. The van der Waals surface area contributed by atoms with E-state index >= 15 is 0 Å². The minimum atomic E-state index is -1.05. The van der Waals surface area contributed by atoms with Gasteiger partial charge in [0.2, 0.25) is 11.8 Å². The van der Waals surface area contributed by atoms with E-state index in [9.17, 15) is 14.4 Å². The Morgan fingerprint density at radius 3 is 2.16 bits per heavy atom. The molecule has 1 N–H and O–H groups in total. The summed E-state index contributed by atoms with van der Waals surface area (Å²) in [6, 6.07) is 7.57. The third kappa shape index (κ3) is 1.73. The number of fused-ring (bicyclic) bond motifs is 1. The molecule has 19 heavy (non-hydrogen) atoms. The molecule has 1 aliphatic carbocycles. The maximum atomic E-state index is 12.0. The lowest BCUT2D eigenvalue weighted by Gasteiger charge is -2.17. The molecule has 1 saturated carbocycles. The van der Waals surface area contributed by atoms with E-state index in [1.165, 1.54) is 4.90 Å². The summed E-state index contributed by atoms with van der Waals surface area (Å²) in [5.74, 6) is -3.79. The van der Waals surface area contributed by atoms with Crippen LogP contribution < -0.4 is 0 Å². The van der Waals surface area contributed by atoms with Crippen molar-refractivity contribution in [2.75, 3.05) is 0 Å². The number of carboxylic acids is 1. The van der Waals surface area contributed by atoms with Gasteiger partial charge in [0.15, 0.2) is 0 Å². The maximum absolute atomic E-state index is 12.0. The molecule has 0 spiro atoms. The number of carboxylic acid groups (broad SMARTS) is 1. The predicted octanol–water partition coefficient (Wildman–Crippen LogP) is 0.811. The number of imide groups is 1. The number of hydrogen-bond acceptors (Lipinski definition) is 3. The molecule has 98 valence electrons. The molecule has 1 saturated heterocycles. The smallest absolute Gasteiger partial charge is 0.308 e. The van der Waals surface area contributed by atoms with E-state index in [1.54, 1.807) is 0 Å². The molecule has 1 aromatic carbocycles. The second-order valence-electron chi connectivity index (χ2n) is 5.16. The zero-order chi connectivity index (χ0) is 13.7. The van der Waals surface area contributed by atoms with E-state index in [0.29, 0.717) is 0 Å². The monoisotopic (exact) mass is 259 g/mol. The van der Waals surface area contributed by atoms with Crippen LogP contribution in [-0.4, -0.2) is 27.8 Å². The van der Waals surface area contributed by atoms with E-state index in [2.05, 4.69) is 0 Å². The number of benzene rings is 1. The Hall–Kier alpha value is -2.17. The molecule has 3 rings (SSSR count). The van der Waals surface area contributed by atoms with Crippen LogP contribution in [-0.2, 0) is 20.9 Å². The number of carbonyl (C=O) groups excluding carboxylic acids is 2. The largest absolute Gasteiger partial charge is 0.481 e. The summed E-state index contributed by atoms with van der Waals surface area (Å²) in [6.45, 7) is 2.19. The Bertz CT molecular complexity index is 556. The van der Waals surface area contributed by atoms with E-state index in [4.69, 9.17) is 5.11 Å². The van der Waals surface area contributed by atoms with Crippen molar-refractivity contribution in [1.29, 1.82) is 0 Å². The first-order valence-corrected chi connectivity index (χ1v) is 6.14. The fourth-order valence-corrected chi connectivity index (χ4v) is 2.73. The van der Waals surface area contributed by atoms with Gasteiger partial charge in [0.05, 0.1) is 24.3 Å². The zero-order valence-corrected chi connectivity index (χ0v) is 10.4. The highest BCUT2D eigenvalue weighted by Crippen LogP contribution is 2.53. The number of carbonyl (C=O) groups is 3. The van der Waals surface area contributed by atoms with Crippen LogP contribution in [0.15, 0.2) is 24.3 Å². The maximum Gasteiger partial charge on any atom is 0.308 e. The second-order valence-corrected chi connectivity index (χ2v) is 5.16. The molecule has 2 atom stereocenters. The first kappa shape index (κ1) is 11.9. The topological polar surface area (TPSA) is 74.7 Å². The highest BCUT2D eigenvalue weighted by molar-refractivity contribution is 6.13. The summed E-state index contributed by atoms with van der Waals surface area (Å²) in [6.07, 6.45) is 0. The minimum Gasteiger partial charge on any atom is -0.481 e. The summed E-state index contributed by atoms with van der Waals surface area (Å²) in [5, 5.41) is 8.88. The van der Waals surface area contributed by atoms with Crippen molar-refractivity contribution in [2.24, 2.45) is 17.8 Å². The number of aliphatic carboxylic acids is 1. The van der Waals surface area contributed by atoms with Crippen LogP contribution in [0.4, 0.5) is 0 Å². The van der Waals surface area contributed by atoms with Gasteiger partial charge in [-0.15, -0.1) is 0 Å². The Morgan fingerprint density at radius 2 is 1.68 bits per heavy atom. The van der Waals surface area contributed by atoms with Crippen LogP contribution in [0, 0.1) is 24.7 Å². The summed E-state index contributed by atoms with van der Waals surface area (Å²) >= 11 is 0. The van der Waals surface area contributed by atoms with Gasteiger partial charge >= 0.3 is 5.97 Å². The van der Waals surface area contributed by atoms with E-state index < -0.39 is 23.7 Å². The standard InChI is InChI=1S/C14H13NO4/c1-7-2-4-8(5-3-7)6-15-12(16)9-10(13(15)17)11(9)14(18)19/h2-5,9-11H,6H2,1H3,(H,18,19). The lowest BCUT2D eigenvalue weighted by molar-refractivity contribution is -0.149. The molecule has 2 aliphatic rings. The van der Waals surface area contributed by atoms with Gasteiger partial charge < -0.3 is 5.11 Å². The quantitative estimate of drug-likeness (QED) is 0.815. The fraction of sp³-hybridized carbons (Fsp3) is 0.357. The SMILES string of the molecule is Cc1ccc(CN2C(=O)C3C(C(=O)O)C3C2=O)cc1. The molecule has 2 unspecified atom stereocenters. The van der Waals surface area contributed by atoms with Gasteiger partial charge in [-0.2, -0.15) is 0 Å². The molecule has 2 amide bonds. The number of amides is 2. The lowest BCUT2D eigenvalue weighted by Crippen LogP contribution is -2.35. The molecule has 5 nitrogen and oxygen atoms in total. The first-order valence-electron chi connectivity index (χ1n) is 6.14. The van der Waals surface area contributed by atoms with Gasteiger partial charge in [0.1, 0.15) is 0 Å². The molecule has 1 aliphatic heterocycles. The van der Waals surface area contributed by atoms with E-state index in [-0.39, 0.29) is 18.4 Å². The summed E-state index contributed by atoms with van der Waals surface area (Å²) in [4.78, 5) is 36.0. The van der Waals surface area contributed by atoms with Crippen molar-refractivity contribution in [3.63, 3.8) is 0 Å². The third-order valence-electron chi connectivity index (χ3n) is 3.87. The molecule has 1 heterocycles. The molecular formula is C14H13NO4. The lowest BCUT2D eigenvalue weighted by atomic mass is 10.1. The second kappa shape index (κ2) is 3.91. The van der Waals surface area contributed by atoms with Gasteiger partial charge in [-0.25, -0.2) is 0 Å². The predicted molar refractivity (Wildman–Crippen MR) is 64.8 cm³/mol. The van der Waals surface area contributed by atoms with E-state index in [1.807, 2.05) is 31.2 Å². The average molecular weight is 259 g/mol. The first-order chi connectivity index (χ1) is 9.00. The summed E-state index contributed by atoms with van der Waals surface area (Å²) < 4.78 is 0. The number of aryl methyl sites for hydroxylation is 1. The highest BCUT2D eigenvalue weighted by atomic mass is 16.4. The van der Waals surface area contributed by atoms with Crippen molar-refractivity contribution in [1.82, 2.24) is 4.90 Å². The average Bonchev–Trinajstić information content (AvgIpc) is 3.06. The highest BCUT2D eigenvalue weighted by Gasteiger charge is 2.70. The molecular weight excluding hydrogens is 246 g/mol. The Labute approximate surface area is 109 Å². The molecule has 2 fully saturated rings. The number of likely N-dealkylation sites (tertiary alicyclic amines) is 1. The third-order valence-corrected chi connectivity index (χ3v) is 3.87. The summed E-state index contributed by atoms with van der Waals surface area (Å²) in [5.41, 5.74) is 1.98. The van der Waals surface area contributed by atoms with Crippen molar-refractivity contribution in [3.05, 3.63) is 35.4 Å². The van der Waals surface area contributed by atoms with Crippen molar-refractivity contribution < 1.29 is 19.5 Å². The van der Waals surface area contributed by atoms with Gasteiger partial charge in [-0.3, -0.25) is 19.3 Å². The van der Waals surface area contributed by atoms with E-state index in [0.717, 1.165) is 11.1 Å². The van der Waals surface area contributed by atoms with Crippen LogP contribution in [0.5, 0.6) is 0 Å². The molecule has 5 heteroatoms. The van der Waals surface area contributed by atoms with Crippen LogP contribution in [0.2, 0.25) is 0 Å². The normalized spacial score (nSPS) is 28.5. The number of nitrogens with zero attached hydrogens (tertiary/aromatic N) is 1. The molecule has 1 aromatic rings. The van der Waals surface area contributed by atoms with Gasteiger partial charge in [-0.05, 0) is 12.5 Å². The van der Waals surface area contributed by atoms with Crippen LogP contribution in [0.3, 0.4) is 0 Å². The number of rotatable bonds is 3. The molecule has 0 bridgehead atoms. The van der Waals surface area contributed by atoms with Gasteiger partial charge in [0.25, 0.3) is 0 Å².